The second-order valence-electron chi connectivity index (χ2n) is 5.06. The average Bonchev–Trinajstić information content (AvgIpc) is 2.90. The van der Waals surface area contributed by atoms with Gasteiger partial charge in [0.2, 0.25) is 0 Å². The third kappa shape index (κ3) is 3.01. The summed E-state index contributed by atoms with van der Waals surface area (Å²) < 4.78 is 62.2. The lowest BCUT2D eigenvalue weighted by molar-refractivity contribution is -0.0928. The molecule has 0 aliphatic carbocycles. The lowest BCUT2D eigenvalue weighted by atomic mass is 10.1. The van der Waals surface area contributed by atoms with Gasteiger partial charge < -0.3 is 0 Å². The Kier molecular flexibility index (Phi) is 3.89. The number of halogens is 3. The van der Waals surface area contributed by atoms with Gasteiger partial charge in [0, 0.05) is 12.5 Å². The number of anilines is 1. The Hall–Kier alpha value is -1.98. The maximum absolute atomic E-state index is 12.8. The molecular weight excluding hydrogens is 367 g/mol. The minimum Gasteiger partial charge on any atom is -0.287 e. The molecule has 1 aliphatic heterocycles. The van der Waals surface area contributed by atoms with Gasteiger partial charge in [0.05, 0.1) is 17.0 Å². The molecule has 0 spiro atoms. The summed E-state index contributed by atoms with van der Waals surface area (Å²) in [4.78, 5) is 7.92. The minimum absolute atomic E-state index is 0.0368. The molecule has 2 aromatic heterocycles. The number of thiazole rings is 1. The number of hydrogen-bond donors (Lipinski definition) is 1. The minimum atomic E-state index is -4.59. The zero-order chi connectivity index (χ0) is 17.7. The molecule has 0 aromatic carbocycles. The highest BCUT2D eigenvalue weighted by Crippen LogP contribution is 2.41. The van der Waals surface area contributed by atoms with E-state index in [1.54, 1.807) is 0 Å². The van der Waals surface area contributed by atoms with E-state index < -0.39 is 28.1 Å². The Bertz CT molecular complexity index is 935. The normalized spacial score (nSPS) is 15.2. The number of fused-ring (bicyclic) bond motifs is 1. The summed E-state index contributed by atoms with van der Waals surface area (Å²) in [6.45, 7) is -0.723. The largest absolute Gasteiger partial charge is 0.414 e. The van der Waals surface area contributed by atoms with Gasteiger partial charge in [-0.3, -0.25) is 10.2 Å². The first-order valence-electron chi connectivity index (χ1n) is 6.48. The van der Waals surface area contributed by atoms with E-state index in [1.165, 1.54) is 18.3 Å². The van der Waals surface area contributed by atoms with E-state index >= 15 is 0 Å². The Morgan fingerprint density at radius 1 is 1.38 bits per heavy atom. The highest BCUT2D eigenvalue weighted by Gasteiger charge is 2.38. The Morgan fingerprint density at radius 3 is 2.71 bits per heavy atom. The number of aromatic nitrogens is 2. The second kappa shape index (κ2) is 5.53. The van der Waals surface area contributed by atoms with Crippen molar-refractivity contribution < 1.29 is 26.8 Å². The number of rotatable bonds is 2. The van der Waals surface area contributed by atoms with E-state index in [1.807, 2.05) is 0 Å². The van der Waals surface area contributed by atoms with E-state index in [4.69, 9.17) is 0 Å². The Balaban J connectivity index is 2.15. The first kappa shape index (κ1) is 16.9. The molecule has 0 amide bonds. The van der Waals surface area contributed by atoms with Crippen molar-refractivity contribution in [2.45, 2.75) is 11.1 Å². The highest BCUT2D eigenvalue weighted by atomic mass is 32.2. The van der Waals surface area contributed by atoms with Crippen molar-refractivity contribution in [1.82, 2.24) is 9.97 Å². The molecule has 24 heavy (non-hydrogen) atoms. The fourth-order valence-corrected chi connectivity index (χ4v) is 4.03. The summed E-state index contributed by atoms with van der Waals surface area (Å²) in [5.74, 6) is 0. The molecule has 0 saturated heterocycles. The summed E-state index contributed by atoms with van der Waals surface area (Å²) in [5, 5.41) is 10.5. The molecule has 6 nitrogen and oxygen atoms in total. The quantitative estimate of drug-likeness (QED) is 0.867. The number of hydrogen-bond acceptors (Lipinski definition) is 7. The Morgan fingerprint density at radius 2 is 2.08 bits per heavy atom. The smallest absolute Gasteiger partial charge is 0.287 e. The topological polar surface area (TPSA) is 83.4 Å². The third-order valence-corrected chi connectivity index (χ3v) is 5.46. The molecule has 0 atom stereocenters. The predicted octanol–water partition coefficient (Wildman–Crippen LogP) is 2.76. The van der Waals surface area contributed by atoms with Crippen LogP contribution in [-0.2, 0) is 9.84 Å². The summed E-state index contributed by atoms with van der Waals surface area (Å²) in [5.41, 5.74) is -0.991. The summed E-state index contributed by atoms with van der Waals surface area (Å²) in [6.07, 6.45) is -1.39. The molecule has 0 saturated carbocycles. The maximum Gasteiger partial charge on any atom is 0.414 e. The van der Waals surface area contributed by atoms with Crippen molar-refractivity contribution in [2.75, 3.05) is 17.9 Å². The van der Waals surface area contributed by atoms with E-state index in [0.29, 0.717) is 5.06 Å². The van der Waals surface area contributed by atoms with Crippen LogP contribution < -0.4 is 5.06 Å². The molecule has 1 aliphatic rings. The van der Waals surface area contributed by atoms with Gasteiger partial charge in [-0.2, -0.15) is 13.2 Å². The van der Waals surface area contributed by atoms with Crippen LogP contribution in [0.3, 0.4) is 0 Å². The molecule has 2 aromatic rings. The first-order chi connectivity index (χ1) is 11.1. The molecule has 0 fully saturated rings. The molecule has 1 N–H and O–H groups in total. The standard InChI is InChI=1S/C13H10F3N3O3S2/c1-24(21,22)9-3-2-4-17-10(9)11-18-8-5-7(13(14,15)16)6-19(20)12(8)23-11/h2-5,20H,6H2,1H3. The molecule has 0 bridgehead atoms. The molecule has 11 heteroatoms. The lowest BCUT2D eigenvalue weighted by Gasteiger charge is -2.23. The van der Waals surface area contributed by atoms with Crippen LogP contribution in [-0.4, -0.2) is 42.6 Å². The van der Waals surface area contributed by atoms with Gasteiger partial charge in [0.25, 0.3) is 0 Å². The number of sulfone groups is 1. The van der Waals surface area contributed by atoms with Crippen LogP contribution in [0.2, 0.25) is 0 Å². The van der Waals surface area contributed by atoms with Crippen LogP contribution >= 0.6 is 11.3 Å². The van der Waals surface area contributed by atoms with Crippen molar-refractivity contribution in [3.63, 3.8) is 0 Å². The van der Waals surface area contributed by atoms with Crippen molar-refractivity contribution in [3.8, 4) is 10.7 Å². The van der Waals surface area contributed by atoms with Gasteiger partial charge in [0.15, 0.2) is 9.84 Å². The monoisotopic (exact) mass is 377 g/mol. The predicted molar refractivity (Wildman–Crippen MR) is 81.6 cm³/mol. The molecular formula is C13H10F3N3O3S2. The fourth-order valence-electron chi connectivity index (χ4n) is 2.17. The first-order valence-corrected chi connectivity index (χ1v) is 9.18. The van der Waals surface area contributed by atoms with Gasteiger partial charge in [0.1, 0.15) is 21.4 Å². The van der Waals surface area contributed by atoms with E-state index in [2.05, 4.69) is 9.97 Å². The van der Waals surface area contributed by atoms with Crippen LogP contribution in [0.4, 0.5) is 18.2 Å². The summed E-state index contributed by atoms with van der Waals surface area (Å²) in [6, 6.07) is 2.78. The van der Waals surface area contributed by atoms with Gasteiger partial charge in [-0.05, 0) is 18.2 Å². The maximum atomic E-state index is 12.8. The van der Waals surface area contributed by atoms with Gasteiger partial charge >= 0.3 is 6.18 Å². The molecule has 128 valence electrons. The summed E-state index contributed by atoms with van der Waals surface area (Å²) in [7, 11) is -3.60. The highest BCUT2D eigenvalue weighted by molar-refractivity contribution is 7.90. The second-order valence-corrected chi connectivity index (χ2v) is 8.02. The van der Waals surface area contributed by atoms with Crippen molar-refractivity contribution in [3.05, 3.63) is 29.6 Å². The molecule has 3 rings (SSSR count). The van der Waals surface area contributed by atoms with Gasteiger partial charge in [-0.15, -0.1) is 0 Å². The number of hydroxylamine groups is 1. The van der Waals surface area contributed by atoms with Crippen molar-refractivity contribution >= 4 is 32.3 Å². The summed E-state index contributed by atoms with van der Waals surface area (Å²) >= 11 is 0.865. The number of nitrogens with zero attached hydrogens (tertiary/aromatic N) is 3. The van der Waals surface area contributed by atoms with Crippen LogP contribution in [0.15, 0.2) is 28.8 Å². The van der Waals surface area contributed by atoms with E-state index in [0.717, 1.165) is 23.7 Å². The molecule has 0 unspecified atom stereocenters. The van der Waals surface area contributed by atoms with Crippen LogP contribution in [0.1, 0.15) is 5.69 Å². The lowest BCUT2D eigenvalue weighted by Crippen LogP contribution is -2.30. The fraction of sp³-hybridized carbons (Fsp3) is 0.231. The Labute approximate surface area is 138 Å². The zero-order valence-corrected chi connectivity index (χ0v) is 13.7. The van der Waals surface area contributed by atoms with Gasteiger partial charge in [-0.1, -0.05) is 11.3 Å². The van der Waals surface area contributed by atoms with E-state index in [9.17, 15) is 26.8 Å². The average molecular weight is 377 g/mol. The molecule has 3 heterocycles. The number of alkyl halides is 3. The van der Waals surface area contributed by atoms with Crippen molar-refractivity contribution in [2.24, 2.45) is 0 Å². The van der Waals surface area contributed by atoms with Gasteiger partial charge in [-0.25, -0.2) is 18.5 Å². The van der Waals surface area contributed by atoms with Crippen LogP contribution in [0.5, 0.6) is 0 Å². The SMILES string of the molecule is CS(=O)(=O)c1cccnc1-c1nc2c(s1)N(O)CC(C(F)(F)F)=C2. The zero-order valence-electron chi connectivity index (χ0n) is 12.1. The molecule has 0 radical (unpaired) electrons. The van der Waals surface area contributed by atoms with Crippen molar-refractivity contribution in [1.29, 1.82) is 0 Å². The third-order valence-electron chi connectivity index (χ3n) is 3.24. The van der Waals surface area contributed by atoms with Crippen LogP contribution in [0, 0.1) is 0 Å². The number of pyridine rings is 1. The van der Waals surface area contributed by atoms with E-state index in [-0.39, 0.29) is 26.3 Å². The van der Waals surface area contributed by atoms with Crippen LogP contribution in [0.25, 0.3) is 16.8 Å².